The van der Waals surface area contributed by atoms with E-state index in [1.807, 2.05) is 45.9 Å². The molecule has 0 aliphatic heterocycles. The highest BCUT2D eigenvalue weighted by Crippen LogP contribution is 2.29. The lowest BCUT2D eigenvalue weighted by atomic mass is 10.1. The van der Waals surface area contributed by atoms with Gasteiger partial charge in [-0.3, -0.25) is 0 Å². The average Bonchev–Trinajstić information content (AvgIpc) is 2.27. The largest absolute Gasteiger partial charge is 0.491 e. The van der Waals surface area contributed by atoms with E-state index in [1.165, 1.54) is 0 Å². The highest BCUT2D eigenvalue weighted by atomic mass is 16.5. The van der Waals surface area contributed by atoms with Gasteiger partial charge in [0, 0.05) is 5.39 Å². The van der Waals surface area contributed by atoms with Crippen molar-refractivity contribution in [2.24, 2.45) is 0 Å². The second-order valence-electron chi connectivity index (χ2n) is 4.97. The predicted octanol–water partition coefficient (Wildman–Crippen LogP) is 4.41. The Morgan fingerprint density at radius 1 is 0.833 bits per heavy atom. The van der Waals surface area contributed by atoms with Crippen LogP contribution < -0.4 is 9.47 Å². The van der Waals surface area contributed by atoms with Gasteiger partial charge in [-0.15, -0.1) is 0 Å². The van der Waals surface area contributed by atoms with Gasteiger partial charge in [0.15, 0.2) is 0 Å². The summed E-state index contributed by atoms with van der Waals surface area (Å²) in [7, 11) is 0. The van der Waals surface area contributed by atoms with E-state index >= 15 is 0 Å². The molecule has 0 aliphatic carbocycles. The Hall–Kier alpha value is -1.70. The van der Waals surface area contributed by atoms with Crippen molar-refractivity contribution in [2.45, 2.75) is 39.9 Å². The second kappa shape index (κ2) is 5.30. The van der Waals surface area contributed by atoms with Crippen molar-refractivity contribution in [3.05, 3.63) is 36.4 Å². The van der Waals surface area contributed by atoms with E-state index in [0.29, 0.717) is 0 Å². The van der Waals surface area contributed by atoms with Crippen molar-refractivity contribution in [3.63, 3.8) is 0 Å². The van der Waals surface area contributed by atoms with Gasteiger partial charge in [-0.05, 0) is 57.3 Å². The van der Waals surface area contributed by atoms with Crippen LogP contribution in [0, 0.1) is 0 Å². The zero-order valence-corrected chi connectivity index (χ0v) is 11.4. The fourth-order valence-electron chi connectivity index (χ4n) is 1.93. The number of ether oxygens (including phenoxy) is 2. The van der Waals surface area contributed by atoms with Crippen molar-refractivity contribution in [2.75, 3.05) is 0 Å². The molecule has 96 valence electrons. The molecule has 0 heterocycles. The van der Waals surface area contributed by atoms with Crippen LogP contribution in [0.2, 0.25) is 0 Å². The minimum atomic E-state index is 0.183. The average molecular weight is 244 g/mol. The molecule has 2 rings (SSSR count). The lowest BCUT2D eigenvalue weighted by Gasteiger charge is -2.14. The Morgan fingerprint density at radius 3 is 2.22 bits per heavy atom. The molecule has 2 nitrogen and oxygen atoms in total. The van der Waals surface area contributed by atoms with Crippen LogP contribution in [0.1, 0.15) is 27.7 Å². The highest BCUT2D eigenvalue weighted by molar-refractivity contribution is 5.89. The molecule has 18 heavy (non-hydrogen) atoms. The molecule has 0 saturated carbocycles. The summed E-state index contributed by atoms with van der Waals surface area (Å²) >= 11 is 0. The van der Waals surface area contributed by atoms with Crippen LogP contribution in [0.4, 0.5) is 0 Å². The van der Waals surface area contributed by atoms with Crippen LogP contribution in [0.25, 0.3) is 10.8 Å². The van der Waals surface area contributed by atoms with Crippen LogP contribution in [0.15, 0.2) is 36.4 Å². The first kappa shape index (κ1) is 12.7. The van der Waals surface area contributed by atoms with E-state index in [2.05, 4.69) is 18.2 Å². The molecule has 0 amide bonds. The topological polar surface area (TPSA) is 18.5 Å². The quantitative estimate of drug-likeness (QED) is 0.793. The summed E-state index contributed by atoms with van der Waals surface area (Å²) in [6, 6.07) is 12.2. The molecule has 0 N–H and O–H groups in total. The first-order valence-electron chi connectivity index (χ1n) is 6.42. The zero-order valence-electron chi connectivity index (χ0n) is 11.4. The Morgan fingerprint density at radius 2 is 1.56 bits per heavy atom. The van der Waals surface area contributed by atoms with Gasteiger partial charge in [0.1, 0.15) is 11.5 Å². The summed E-state index contributed by atoms with van der Waals surface area (Å²) in [5.74, 6) is 1.83. The van der Waals surface area contributed by atoms with Crippen LogP contribution in [-0.2, 0) is 0 Å². The third-order valence-corrected chi connectivity index (χ3v) is 2.55. The van der Waals surface area contributed by atoms with Crippen molar-refractivity contribution >= 4 is 10.8 Å². The van der Waals surface area contributed by atoms with E-state index in [4.69, 9.17) is 9.47 Å². The maximum Gasteiger partial charge on any atom is 0.127 e. The van der Waals surface area contributed by atoms with Gasteiger partial charge < -0.3 is 9.47 Å². The maximum absolute atomic E-state index is 5.81. The summed E-state index contributed by atoms with van der Waals surface area (Å²) < 4.78 is 11.5. The van der Waals surface area contributed by atoms with Gasteiger partial charge in [0.25, 0.3) is 0 Å². The van der Waals surface area contributed by atoms with Crippen LogP contribution >= 0.6 is 0 Å². The Bertz CT molecular complexity index is 530. The smallest absolute Gasteiger partial charge is 0.127 e. The third-order valence-electron chi connectivity index (χ3n) is 2.55. The monoisotopic (exact) mass is 244 g/mol. The van der Waals surface area contributed by atoms with E-state index in [1.54, 1.807) is 0 Å². The molecule has 0 saturated heterocycles. The van der Waals surface area contributed by atoms with Crippen molar-refractivity contribution < 1.29 is 9.47 Å². The summed E-state index contributed by atoms with van der Waals surface area (Å²) in [6.07, 6.45) is 0.375. The Kier molecular flexibility index (Phi) is 3.75. The standard InChI is InChI=1S/C16H20O2/c1-11(2)17-14-8-9-15-13(10-14)6-5-7-16(15)18-12(3)4/h5-12H,1-4H3. The molecule has 0 bridgehead atoms. The summed E-state index contributed by atoms with van der Waals surface area (Å²) in [5, 5.41) is 2.27. The number of hydrogen-bond donors (Lipinski definition) is 0. The normalized spacial score (nSPS) is 11.2. The zero-order chi connectivity index (χ0) is 13.1. The predicted molar refractivity (Wildman–Crippen MR) is 75.5 cm³/mol. The second-order valence-corrected chi connectivity index (χ2v) is 4.97. The Labute approximate surface area is 109 Å². The molecule has 2 aromatic rings. The van der Waals surface area contributed by atoms with Gasteiger partial charge in [-0.25, -0.2) is 0 Å². The van der Waals surface area contributed by atoms with Crippen LogP contribution in [0.3, 0.4) is 0 Å². The minimum absolute atomic E-state index is 0.183. The van der Waals surface area contributed by atoms with E-state index in [0.717, 1.165) is 22.3 Å². The fourth-order valence-corrected chi connectivity index (χ4v) is 1.93. The molecule has 0 unspecified atom stereocenters. The lowest BCUT2D eigenvalue weighted by Crippen LogP contribution is -2.06. The molecule has 0 fully saturated rings. The van der Waals surface area contributed by atoms with E-state index in [-0.39, 0.29) is 12.2 Å². The molecule has 0 aliphatic rings. The molecule has 0 spiro atoms. The van der Waals surface area contributed by atoms with Gasteiger partial charge >= 0.3 is 0 Å². The van der Waals surface area contributed by atoms with Gasteiger partial charge in [0.2, 0.25) is 0 Å². The molecule has 2 aromatic carbocycles. The molecule has 2 heteroatoms. The van der Waals surface area contributed by atoms with Crippen LogP contribution in [-0.4, -0.2) is 12.2 Å². The summed E-state index contributed by atoms with van der Waals surface area (Å²) in [4.78, 5) is 0. The number of hydrogen-bond acceptors (Lipinski definition) is 2. The van der Waals surface area contributed by atoms with Crippen molar-refractivity contribution in [1.82, 2.24) is 0 Å². The Balaban J connectivity index is 2.40. The molecule has 0 atom stereocenters. The first-order valence-corrected chi connectivity index (χ1v) is 6.42. The van der Waals surface area contributed by atoms with Gasteiger partial charge in [-0.1, -0.05) is 12.1 Å². The summed E-state index contributed by atoms with van der Waals surface area (Å²) in [6.45, 7) is 8.13. The summed E-state index contributed by atoms with van der Waals surface area (Å²) in [5.41, 5.74) is 0. The number of fused-ring (bicyclic) bond motifs is 1. The number of benzene rings is 2. The van der Waals surface area contributed by atoms with E-state index < -0.39 is 0 Å². The maximum atomic E-state index is 5.81. The van der Waals surface area contributed by atoms with Crippen LogP contribution in [0.5, 0.6) is 11.5 Å². The van der Waals surface area contributed by atoms with Gasteiger partial charge in [0.05, 0.1) is 12.2 Å². The SMILES string of the molecule is CC(C)Oc1ccc2c(OC(C)C)cccc2c1. The first-order chi connectivity index (χ1) is 8.56. The molecule has 0 aromatic heterocycles. The fraction of sp³-hybridized carbons (Fsp3) is 0.375. The number of rotatable bonds is 4. The third kappa shape index (κ3) is 2.95. The van der Waals surface area contributed by atoms with Crippen molar-refractivity contribution in [1.29, 1.82) is 0 Å². The molecule has 0 radical (unpaired) electrons. The van der Waals surface area contributed by atoms with Gasteiger partial charge in [-0.2, -0.15) is 0 Å². The highest BCUT2D eigenvalue weighted by Gasteiger charge is 2.05. The minimum Gasteiger partial charge on any atom is -0.491 e. The lowest BCUT2D eigenvalue weighted by molar-refractivity contribution is 0.242. The molecular formula is C16H20O2. The van der Waals surface area contributed by atoms with E-state index in [9.17, 15) is 0 Å². The van der Waals surface area contributed by atoms with Crippen molar-refractivity contribution in [3.8, 4) is 11.5 Å². The molecular weight excluding hydrogens is 224 g/mol.